The van der Waals surface area contributed by atoms with Crippen molar-refractivity contribution < 1.29 is 14.3 Å². The molecule has 0 spiro atoms. The van der Waals surface area contributed by atoms with Crippen molar-refractivity contribution in [2.45, 2.75) is 44.6 Å². The van der Waals surface area contributed by atoms with Crippen molar-refractivity contribution in [3.8, 4) is 5.75 Å². The zero-order chi connectivity index (χ0) is 19.8. The van der Waals surface area contributed by atoms with Gasteiger partial charge in [-0.25, -0.2) is 0 Å². The highest BCUT2D eigenvalue weighted by molar-refractivity contribution is 5.88. The molecule has 1 unspecified atom stereocenters. The SMILES string of the molecule is CN(CCOc1ccccc1)C(=O)CC1C(=O)NCCN1CC1CCCCC1. The maximum atomic E-state index is 12.7. The van der Waals surface area contributed by atoms with Crippen molar-refractivity contribution in [2.75, 3.05) is 39.8 Å². The third-order valence-corrected chi connectivity index (χ3v) is 5.89. The number of benzene rings is 1. The summed E-state index contributed by atoms with van der Waals surface area (Å²) >= 11 is 0. The van der Waals surface area contributed by atoms with Gasteiger partial charge in [0, 0.05) is 26.7 Å². The van der Waals surface area contributed by atoms with E-state index in [-0.39, 0.29) is 24.3 Å². The summed E-state index contributed by atoms with van der Waals surface area (Å²) in [6, 6.07) is 9.24. The maximum Gasteiger partial charge on any atom is 0.237 e. The van der Waals surface area contributed by atoms with Crippen LogP contribution < -0.4 is 10.1 Å². The molecule has 1 aromatic rings. The topological polar surface area (TPSA) is 61.9 Å². The molecular weight excluding hydrogens is 354 g/mol. The first-order chi connectivity index (χ1) is 13.6. The number of nitrogens with zero attached hydrogens (tertiary/aromatic N) is 2. The standard InChI is InChI=1S/C22H33N3O3/c1-24(14-15-28-19-10-6-3-7-11-19)21(26)16-20-22(27)23-12-13-25(20)17-18-8-4-2-5-9-18/h3,6-7,10-11,18,20H,2,4-5,8-9,12-17H2,1H3,(H,23,27). The van der Waals surface area contributed by atoms with Gasteiger partial charge < -0.3 is 15.0 Å². The smallest absolute Gasteiger partial charge is 0.237 e. The number of hydrogen-bond acceptors (Lipinski definition) is 4. The first-order valence-electron chi connectivity index (χ1n) is 10.6. The lowest BCUT2D eigenvalue weighted by Gasteiger charge is -2.38. The van der Waals surface area contributed by atoms with Gasteiger partial charge in [0.25, 0.3) is 0 Å². The number of ether oxygens (including phenoxy) is 1. The number of hydrogen-bond donors (Lipinski definition) is 1. The van der Waals surface area contributed by atoms with E-state index < -0.39 is 0 Å². The van der Waals surface area contributed by atoms with E-state index in [1.165, 1.54) is 32.1 Å². The maximum absolute atomic E-state index is 12.7. The third kappa shape index (κ3) is 5.96. The van der Waals surface area contributed by atoms with E-state index in [4.69, 9.17) is 4.74 Å². The molecule has 2 aliphatic rings. The molecule has 1 heterocycles. The summed E-state index contributed by atoms with van der Waals surface area (Å²) < 4.78 is 5.68. The van der Waals surface area contributed by atoms with Gasteiger partial charge in [-0.2, -0.15) is 0 Å². The molecule has 1 saturated carbocycles. The number of nitrogens with one attached hydrogen (secondary N) is 1. The summed E-state index contributed by atoms with van der Waals surface area (Å²) in [7, 11) is 1.78. The number of carbonyl (C=O) groups excluding carboxylic acids is 2. The minimum absolute atomic E-state index is 0.00708. The predicted octanol–water partition coefficient (Wildman–Crippen LogP) is 2.29. The van der Waals surface area contributed by atoms with Gasteiger partial charge in [0.05, 0.1) is 19.0 Å². The van der Waals surface area contributed by atoms with Crippen LogP contribution in [0.15, 0.2) is 30.3 Å². The monoisotopic (exact) mass is 387 g/mol. The summed E-state index contributed by atoms with van der Waals surface area (Å²) in [5.74, 6) is 1.44. The number of rotatable bonds is 8. The average molecular weight is 388 g/mol. The van der Waals surface area contributed by atoms with Gasteiger partial charge in [-0.1, -0.05) is 37.5 Å². The van der Waals surface area contributed by atoms with Crippen LogP contribution in [0, 0.1) is 5.92 Å². The van der Waals surface area contributed by atoms with Gasteiger partial charge in [0.1, 0.15) is 12.4 Å². The van der Waals surface area contributed by atoms with Crippen molar-refractivity contribution in [3.63, 3.8) is 0 Å². The van der Waals surface area contributed by atoms with Crippen LogP contribution in [0.25, 0.3) is 0 Å². The van der Waals surface area contributed by atoms with Crippen molar-refractivity contribution in [1.82, 2.24) is 15.1 Å². The Balaban J connectivity index is 1.48. The molecule has 1 saturated heterocycles. The van der Waals surface area contributed by atoms with Gasteiger partial charge in [0.2, 0.25) is 11.8 Å². The Kier molecular flexibility index (Phi) is 7.71. The first-order valence-corrected chi connectivity index (χ1v) is 10.6. The van der Waals surface area contributed by atoms with E-state index in [1.54, 1.807) is 11.9 Å². The summed E-state index contributed by atoms with van der Waals surface area (Å²) in [5.41, 5.74) is 0. The number of amides is 2. The highest BCUT2D eigenvalue weighted by Gasteiger charge is 2.33. The normalized spacial score (nSPS) is 21.2. The number of piperazine rings is 1. The Hall–Kier alpha value is -2.08. The van der Waals surface area contributed by atoms with Gasteiger partial charge >= 0.3 is 0 Å². The van der Waals surface area contributed by atoms with Crippen molar-refractivity contribution >= 4 is 11.8 Å². The van der Waals surface area contributed by atoms with Gasteiger partial charge in [-0.05, 0) is 30.9 Å². The van der Waals surface area contributed by atoms with Crippen LogP contribution in [0.2, 0.25) is 0 Å². The molecule has 0 bridgehead atoms. The number of likely N-dealkylation sites (N-methyl/N-ethyl adjacent to an activating group) is 1. The highest BCUT2D eigenvalue weighted by atomic mass is 16.5. The average Bonchev–Trinajstić information content (AvgIpc) is 2.72. The fourth-order valence-electron chi connectivity index (χ4n) is 4.17. The molecule has 6 heteroatoms. The Morgan fingerprint density at radius 2 is 1.96 bits per heavy atom. The van der Waals surface area contributed by atoms with Crippen molar-refractivity contribution in [1.29, 1.82) is 0 Å². The Morgan fingerprint density at radius 3 is 2.71 bits per heavy atom. The van der Waals surface area contributed by atoms with Gasteiger partial charge in [-0.3, -0.25) is 14.5 Å². The quantitative estimate of drug-likeness (QED) is 0.744. The molecule has 1 N–H and O–H groups in total. The summed E-state index contributed by atoms with van der Waals surface area (Å²) in [5, 5.41) is 2.93. The Bertz CT molecular complexity index is 631. The largest absolute Gasteiger partial charge is 0.492 e. The molecule has 1 aliphatic heterocycles. The fourth-order valence-corrected chi connectivity index (χ4v) is 4.17. The number of para-hydroxylation sites is 1. The molecule has 28 heavy (non-hydrogen) atoms. The van der Waals surface area contributed by atoms with E-state index in [9.17, 15) is 9.59 Å². The second kappa shape index (κ2) is 10.5. The predicted molar refractivity (Wildman–Crippen MR) is 109 cm³/mol. The van der Waals surface area contributed by atoms with E-state index in [2.05, 4.69) is 10.2 Å². The zero-order valence-corrected chi connectivity index (χ0v) is 16.9. The molecular formula is C22H33N3O3. The Labute approximate surface area is 168 Å². The molecule has 154 valence electrons. The second-order valence-corrected chi connectivity index (χ2v) is 7.99. The molecule has 2 fully saturated rings. The van der Waals surface area contributed by atoms with Crippen LogP contribution in [0.5, 0.6) is 5.75 Å². The molecule has 0 aromatic heterocycles. The van der Waals surface area contributed by atoms with E-state index in [0.717, 1.165) is 18.8 Å². The number of carbonyl (C=O) groups is 2. The minimum atomic E-state index is -0.347. The summed E-state index contributed by atoms with van der Waals surface area (Å²) in [4.78, 5) is 29.1. The lowest BCUT2D eigenvalue weighted by Crippen LogP contribution is -2.57. The molecule has 1 atom stereocenters. The first kappa shape index (κ1) is 20.6. The van der Waals surface area contributed by atoms with Crippen molar-refractivity contribution in [2.24, 2.45) is 5.92 Å². The summed E-state index contributed by atoms with van der Waals surface area (Å²) in [6.45, 7) is 3.39. The van der Waals surface area contributed by atoms with Crippen LogP contribution >= 0.6 is 0 Å². The second-order valence-electron chi connectivity index (χ2n) is 7.99. The van der Waals surface area contributed by atoms with Crippen LogP contribution in [0.3, 0.4) is 0 Å². The van der Waals surface area contributed by atoms with E-state index >= 15 is 0 Å². The third-order valence-electron chi connectivity index (χ3n) is 5.89. The van der Waals surface area contributed by atoms with E-state index in [0.29, 0.717) is 25.6 Å². The van der Waals surface area contributed by atoms with Gasteiger partial charge in [-0.15, -0.1) is 0 Å². The van der Waals surface area contributed by atoms with E-state index in [1.807, 2.05) is 30.3 Å². The van der Waals surface area contributed by atoms with Crippen LogP contribution in [-0.4, -0.2) is 67.5 Å². The molecule has 1 aromatic carbocycles. The zero-order valence-electron chi connectivity index (χ0n) is 16.9. The summed E-state index contributed by atoms with van der Waals surface area (Å²) in [6.07, 6.45) is 6.64. The Morgan fingerprint density at radius 1 is 1.21 bits per heavy atom. The van der Waals surface area contributed by atoms with Gasteiger partial charge in [0.15, 0.2) is 0 Å². The highest BCUT2D eigenvalue weighted by Crippen LogP contribution is 2.26. The van der Waals surface area contributed by atoms with Crippen molar-refractivity contribution in [3.05, 3.63) is 30.3 Å². The van der Waals surface area contributed by atoms with Crippen LogP contribution in [-0.2, 0) is 9.59 Å². The lowest BCUT2D eigenvalue weighted by atomic mass is 9.88. The molecule has 3 rings (SSSR count). The minimum Gasteiger partial charge on any atom is -0.492 e. The molecule has 1 aliphatic carbocycles. The van der Waals surface area contributed by atoms with Crippen LogP contribution in [0.4, 0.5) is 0 Å². The molecule has 6 nitrogen and oxygen atoms in total. The lowest BCUT2D eigenvalue weighted by molar-refractivity contribution is -0.138. The van der Waals surface area contributed by atoms with Crippen LogP contribution in [0.1, 0.15) is 38.5 Å². The molecule has 2 amide bonds. The molecule has 0 radical (unpaired) electrons. The fraction of sp³-hybridized carbons (Fsp3) is 0.636.